The largest absolute Gasteiger partial charge is 0.489 e. The van der Waals surface area contributed by atoms with Crippen LogP contribution in [0.25, 0.3) is 0 Å². The Kier molecular flexibility index (Phi) is 5.61. The number of amides is 2. The number of furan rings is 1. The van der Waals surface area contributed by atoms with E-state index in [9.17, 15) is 9.59 Å². The molecule has 1 saturated heterocycles. The maximum atomic E-state index is 13.1. The second-order valence-corrected chi connectivity index (χ2v) is 6.82. The smallest absolute Gasteiger partial charge is 0.289 e. The molecule has 0 saturated carbocycles. The summed E-state index contributed by atoms with van der Waals surface area (Å²) in [5, 5.41) is 0. The molecule has 6 heteroatoms. The number of hydrogen-bond donors (Lipinski definition) is 0. The zero-order valence-electron chi connectivity index (χ0n) is 16.0. The van der Waals surface area contributed by atoms with E-state index < -0.39 is 0 Å². The molecule has 0 unspecified atom stereocenters. The third-order valence-corrected chi connectivity index (χ3v) is 4.97. The fourth-order valence-corrected chi connectivity index (χ4v) is 3.37. The highest BCUT2D eigenvalue weighted by Crippen LogP contribution is 2.18. The summed E-state index contributed by atoms with van der Waals surface area (Å²) in [6.45, 7) is 2.25. The molecule has 4 rings (SSSR count). The van der Waals surface area contributed by atoms with E-state index in [1.165, 1.54) is 6.26 Å². The minimum Gasteiger partial charge on any atom is -0.489 e. The predicted molar refractivity (Wildman–Crippen MR) is 108 cm³/mol. The highest BCUT2D eigenvalue weighted by Gasteiger charge is 2.27. The maximum absolute atomic E-state index is 13.1. The van der Waals surface area contributed by atoms with Gasteiger partial charge in [-0.2, -0.15) is 0 Å². The zero-order valence-corrected chi connectivity index (χ0v) is 16.0. The molecule has 0 atom stereocenters. The van der Waals surface area contributed by atoms with Gasteiger partial charge in [-0.25, -0.2) is 0 Å². The molecular formula is C23H22N2O4. The first-order valence-electron chi connectivity index (χ1n) is 9.60. The number of ether oxygens (including phenoxy) is 1. The summed E-state index contributed by atoms with van der Waals surface area (Å²) in [6.07, 6.45) is 1.49. The molecule has 1 fully saturated rings. The van der Waals surface area contributed by atoms with Crippen molar-refractivity contribution in [2.75, 3.05) is 26.2 Å². The molecule has 1 aliphatic rings. The summed E-state index contributed by atoms with van der Waals surface area (Å²) < 4.78 is 11.0. The van der Waals surface area contributed by atoms with Gasteiger partial charge in [-0.05, 0) is 30.3 Å². The van der Waals surface area contributed by atoms with Crippen LogP contribution in [0.1, 0.15) is 26.5 Å². The van der Waals surface area contributed by atoms with Crippen LogP contribution in [0.4, 0.5) is 0 Å². The molecule has 3 aromatic rings. The van der Waals surface area contributed by atoms with Gasteiger partial charge in [0.2, 0.25) is 0 Å². The minimum absolute atomic E-state index is 0.0395. The Morgan fingerprint density at radius 2 is 1.45 bits per heavy atom. The molecule has 2 heterocycles. The standard InChI is InChI=1S/C23H22N2O4/c26-22(24-12-14-25(15-13-24)23(27)21-11-6-16-28-21)20-10-5-4-7-18(20)17-29-19-8-2-1-3-9-19/h1-11,16H,12-15,17H2. The van der Waals surface area contributed by atoms with Crippen LogP contribution < -0.4 is 4.74 Å². The molecule has 1 aliphatic heterocycles. The van der Waals surface area contributed by atoms with Crippen LogP contribution >= 0.6 is 0 Å². The maximum Gasteiger partial charge on any atom is 0.289 e. The number of hydrogen-bond acceptors (Lipinski definition) is 4. The molecular weight excluding hydrogens is 368 g/mol. The molecule has 1 aromatic heterocycles. The lowest BCUT2D eigenvalue weighted by Gasteiger charge is -2.34. The van der Waals surface area contributed by atoms with E-state index in [-0.39, 0.29) is 11.8 Å². The topological polar surface area (TPSA) is 63.0 Å². The van der Waals surface area contributed by atoms with Crippen molar-refractivity contribution in [1.29, 1.82) is 0 Å². The Labute approximate surface area is 169 Å². The van der Waals surface area contributed by atoms with Crippen molar-refractivity contribution in [2.45, 2.75) is 6.61 Å². The van der Waals surface area contributed by atoms with E-state index in [0.717, 1.165) is 11.3 Å². The van der Waals surface area contributed by atoms with Crippen molar-refractivity contribution in [1.82, 2.24) is 9.80 Å². The van der Waals surface area contributed by atoms with E-state index in [0.29, 0.717) is 44.1 Å². The molecule has 0 aliphatic carbocycles. The van der Waals surface area contributed by atoms with Crippen LogP contribution in [-0.2, 0) is 6.61 Å². The van der Waals surface area contributed by atoms with E-state index in [1.807, 2.05) is 54.6 Å². The first-order valence-corrected chi connectivity index (χ1v) is 9.60. The Morgan fingerprint density at radius 1 is 0.793 bits per heavy atom. The van der Waals surface area contributed by atoms with Crippen molar-refractivity contribution in [3.05, 3.63) is 89.9 Å². The second kappa shape index (κ2) is 8.65. The third-order valence-electron chi connectivity index (χ3n) is 4.97. The molecule has 148 valence electrons. The second-order valence-electron chi connectivity index (χ2n) is 6.82. The first kappa shape index (κ1) is 18.8. The van der Waals surface area contributed by atoms with Crippen molar-refractivity contribution in [3.63, 3.8) is 0 Å². The Hall–Kier alpha value is -3.54. The van der Waals surface area contributed by atoms with Gasteiger partial charge in [0.25, 0.3) is 11.8 Å². The van der Waals surface area contributed by atoms with E-state index >= 15 is 0 Å². The SMILES string of the molecule is O=C(c1ccco1)N1CCN(C(=O)c2ccccc2COc2ccccc2)CC1. The summed E-state index contributed by atoms with van der Waals surface area (Å²) >= 11 is 0. The summed E-state index contributed by atoms with van der Waals surface area (Å²) in [5.41, 5.74) is 1.48. The average Bonchev–Trinajstić information content (AvgIpc) is 3.33. The molecule has 2 amide bonds. The van der Waals surface area contributed by atoms with E-state index in [1.54, 1.807) is 21.9 Å². The lowest BCUT2D eigenvalue weighted by atomic mass is 10.1. The van der Waals surface area contributed by atoms with Crippen LogP contribution in [0.15, 0.2) is 77.4 Å². The van der Waals surface area contributed by atoms with Crippen molar-refractivity contribution in [3.8, 4) is 5.75 Å². The normalized spacial score (nSPS) is 13.9. The van der Waals surface area contributed by atoms with Gasteiger partial charge in [0.1, 0.15) is 12.4 Å². The minimum atomic E-state index is -0.140. The number of para-hydroxylation sites is 1. The van der Waals surface area contributed by atoms with Crippen LogP contribution in [0.5, 0.6) is 5.75 Å². The van der Waals surface area contributed by atoms with Crippen LogP contribution in [0.3, 0.4) is 0 Å². The summed E-state index contributed by atoms with van der Waals surface area (Å²) in [5.74, 6) is 0.911. The van der Waals surface area contributed by atoms with Crippen molar-refractivity contribution >= 4 is 11.8 Å². The van der Waals surface area contributed by atoms with Crippen molar-refractivity contribution < 1.29 is 18.7 Å². The predicted octanol–water partition coefficient (Wildman–Crippen LogP) is 3.46. The van der Waals surface area contributed by atoms with E-state index in [2.05, 4.69) is 0 Å². The number of benzene rings is 2. The zero-order chi connectivity index (χ0) is 20.1. The fraction of sp³-hybridized carbons (Fsp3) is 0.217. The number of carbonyl (C=O) groups is 2. The average molecular weight is 390 g/mol. The lowest BCUT2D eigenvalue weighted by Crippen LogP contribution is -2.50. The van der Waals surface area contributed by atoms with Gasteiger partial charge in [-0.15, -0.1) is 0 Å². The first-order chi connectivity index (χ1) is 14.2. The summed E-state index contributed by atoms with van der Waals surface area (Å²) in [4.78, 5) is 29.0. The molecule has 29 heavy (non-hydrogen) atoms. The van der Waals surface area contributed by atoms with Gasteiger partial charge in [0.05, 0.1) is 6.26 Å². The Morgan fingerprint density at radius 3 is 2.14 bits per heavy atom. The van der Waals surface area contributed by atoms with Gasteiger partial charge in [-0.1, -0.05) is 36.4 Å². The molecule has 0 spiro atoms. The van der Waals surface area contributed by atoms with Gasteiger partial charge in [0, 0.05) is 37.3 Å². The van der Waals surface area contributed by atoms with Crippen molar-refractivity contribution in [2.24, 2.45) is 0 Å². The highest BCUT2D eigenvalue weighted by atomic mass is 16.5. The third kappa shape index (κ3) is 4.32. The van der Waals surface area contributed by atoms with Gasteiger partial charge in [0.15, 0.2) is 5.76 Å². The van der Waals surface area contributed by atoms with E-state index in [4.69, 9.17) is 9.15 Å². The van der Waals surface area contributed by atoms with Crippen LogP contribution in [-0.4, -0.2) is 47.8 Å². The molecule has 2 aromatic carbocycles. The Balaban J connectivity index is 1.39. The molecule has 0 N–H and O–H groups in total. The number of nitrogens with zero attached hydrogens (tertiary/aromatic N) is 2. The highest BCUT2D eigenvalue weighted by molar-refractivity contribution is 5.96. The number of carbonyl (C=O) groups excluding carboxylic acids is 2. The summed E-state index contributed by atoms with van der Waals surface area (Å²) in [6, 6.07) is 20.4. The molecule has 0 radical (unpaired) electrons. The van der Waals surface area contributed by atoms with Gasteiger partial charge in [-0.3, -0.25) is 9.59 Å². The van der Waals surface area contributed by atoms with Gasteiger partial charge >= 0.3 is 0 Å². The Bertz CT molecular complexity index is 962. The van der Waals surface area contributed by atoms with Gasteiger partial charge < -0.3 is 19.0 Å². The summed E-state index contributed by atoms with van der Waals surface area (Å²) in [7, 11) is 0. The fourth-order valence-electron chi connectivity index (χ4n) is 3.37. The number of rotatable bonds is 5. The molecule has 6 nitrogen and oxygen atoms in total. The lowest BCUT2D eigenvalue weighted by molar-refractivity contribution is 0.0517. The number of piperazine rings is 1. The molecule has 0 bridgehead atoms. The monoisotopic (exact) mass is 390 g/mol. The quantitative estimate of drug-likeness (QED) is 0.669. The van der Waals surface area contributed by atoms with Crippen LogP contribution in [0.2, 0.25) is 0 Å². The van der Waals surface area contributed by atoms with Crippen LogP contribution in [0, 0.1) is 0 Å².